The summed E-state index contributed by atoms with van der Waals surface area (Å²) in [4.78, 5) is 22.6. The summed E-state index contributed by atoms with van der Waals surface area (Å²) in [6.07, 6.45) is 0. The van der Waals surface area contributed by atoms with Crippen LogP contribution < -0.4 is 10.6 Å². The first kappa shape index (κ1) is 12.9. The molecule has 1 rings (SSSR count). The van der Waals surface area contributed by atoms with Gasteiger partial charge in [0.05, 0.1) is 5.25 Å². The Labute approximate surface area is 101 Å². The molecule has 88 valence electrons. The van der Waals surface area contributed by atoms with Crippen molar-refractivity contribution in [2.24, 2.45) is 0 Å². The molecule has 1 atom stereocenters. The van der Waals surface area contributed by atoms with Crippen LogP contribution in [0, 0.1) is 0 Å². The van der Waals surface area contributed by atoms with Crippen molar-refractivity contribution in [1.29, 1.82) is 0 Å². The number of hydrogen-bond donors (Lipinski definition) is 2. The van der Waals surface area contributed by atoms with Gasteiger partial charge in [0.25, 0.3) is 0 Å². The van der Waals surface area contributed by atoms with Crippen LogP contribution in [0.1, 0.15) is 13.8 Å². The molecular formula is C8H12N4O2S2. The van der Waals surface area contributed by atoms with Crippen molar-refractivity contribution < 1.29 is 9.59 Å². The van der Waals surface area contributed by atoms with Gasteiger partial charge in [-0.1, -0.05) is 23.1 Å². The molecule has 3 amide bonds. The van der Waals surface area contributed by atoms with Gasteiger partial charge >= 0.3 is 6.03 Å². The molecule has 2 N–H and O–H groups in total. The molecule has 1 aromatic rings. The lowest BCUT2D eigenvalue weighted by atomic mass is 10.4. The summed E-state index contributed by atoms with van der Waals surface area (Å²) < 4.78 is 0.707. The van der Waals surface area contributed by atoms with Crippen LogP contribution in [0.15, 0.2) is 9.85 Å². The molecule has 0 fully saturated rings. The topological polar surface area (TPSA) is 84.0 Å². The minimum Gasteiger partial charge on any atom is -0.338 e. The van der Waals surface area contributed by atoms with Gasteiger partial charge in [-0.3, -0.25) is 10.1 Å². The molecule has 1 unspecified atom stereocenters. The van der Waals surface area contributed by atoms with Crippen molar-refractivity contribution in [3.8, 4) is 0 Å². The van der Waals surface area contributed by atoms with E-state index in [4.69, 9.17) is 0 Å². The fourth-order valence-electron chi connectivity index (χ4n) is 0.837. The SMILES string of the molecule is CCNC(=O)NC(=O)C(C)Sc1nncs1. The third-order valence-electron chi connectivity index (χ3n) is 1.56. The number of rotatable bonds is 4. The van der Waals surface area contributed by atoms with Crippen molar-refractivity contribution in [2.45, 2.75) is 23.4 Å². The van der Waals surface area contributed by atoms with E-state index < -0.39 is 6.03 Å². The molecule has 1 heterocycles. The summed E-state index contributed by atoms with van der Waals surface area (Å²) in [5, 5.41) is 11.8. The van der Waals surface area contributed by atoms with Gasteiger partial charge in [0.15, 0.2) is 4.34 Å². The van der Waals surface area contributed by atoms with Crippen molar-refractivity contribution in [3.63, 3.8) is 0 Å². The zero-order chi connectivity index (χ0) is 12.0. The first-order valence-corrected chi connectivity index (χ1v) is 6.41. The summed E-state index contributed by atoms with van der Waals surface area (Å²) in [6, 6.07) is -0.475. The molecular weight excluding hydrogens is 248 g/mol. The summed E-state index contributed by atoms with van der Waals surface area (Å²) in [6.45, 7) is 3.97. The highest BCUT2D eigenvalue weighted by Gasteiger charge is 2.17. The Morgan fingerprint density at radius 3 is 2.94 bits per heavy atom. The zero-order valence-electron chi connectivity index (χ0n) is 8.89. The number of nitrogens with zero attached hydrogens (tertiary/aromatic N) is 2. The average Bonchev–Trinajstić information content (AvgIpc) is 2.70. The number of carbonyl (C=O) groups excluding carboxylic acids is 2. The van der Waals surface area contributed by atoms with E-state index in [2.05, 4.69) is 20.8 Å². The highest BCUT2D eigenvalue weighted by Crippen LogP contribution is 2.23. The Bertz CT molecular complexity index is 355. The number of carbonyl (C=O) groups is 2. The summed E-state index contributed by atoms with van der Waals surface area (Å²) >= 11 is 2.63. The summed E-state index contributed by atoms with van der Waals surface area (Å²) in [5.74, 6) is -0.342. The molecule has 0 saturated carbocycles. The van der Waals surface area contributed by atoms with Gasteiger partial charge in [-0.05, 0) is 13.8 Å². The Morgan fingerprint density at radius 1 is 1.62 bits per heavy atom. The minimum atomic E-state index is -0.475. The van der Waals surface area contributed by atoms with E-state index in [1.54, 1.807) is 19.4 Å². The number of hydrogen-bond acceptors (Lipinski definition) is 6. The van der Waals surface area contributed by atoms with Crippen LogP contribution in [0.2, 0.25) is 0 Å². The van der Waals surface area contributed by atoms with Crippen LogP contribution in [0.4, 0.5) is 4.79 Å². The van der Waals surface area contributed by atoms with Gasteiger partial charge in [0, 0.05) is 6.54 Å². The molecule has 6 nitrogen and oxygen atoms in total. The first-order chi connectivity index (χ1) is 7.63. The fraction of sp³-hybridized carbons (Fsp3) is 0.500. The summed E-state index contributed by atoms with van der Waals surface area (Å²) in [5.41, 5.74) is 1.59. The van der Waals surface area contributed by atoms with Crippen molar-refractivity contribution in [1.82, 2.24) is 20.8 Å². The van der Waals surface area contributed by atoms with E-state index in [0.29, 0.717) is 10.9 Å². The van der Waals surface area contributed by atoms with Crippen LogP contribution >= 0.6 is 23.1 Å². The van der Waals surface area contributed by atoms with E-state index in [1.165, 1.54) is 23.1 Å². The number of urea groups is 1. The van der Waals surface area contributed by atoms with E-state index in [9.17, 15) is 9.59 Å². The predicted octanol–water partition coefficient (Wildman–Crippen LogP) is 0.864. The van der Waals surface area contributed by atoms with Gasteiger partial charge in [-0.15, -0.1) is 10.2 Å². The second-order valence-electron chi connectivity index (χ2n) is 2.81. The maximum absolute atomic E-state index is 11.5. The molecule has 0 spiro atoms. The van der Waals surface area contributed by atoms with Gasteiger partial charge in [0.2, 0.25) is 5.91 Å². The van der Waals surface area contributed by atoms with Crippen LogP contribution in [0.25, 0.3) is 0 Å². The van der Waals surface area contributed by atoms with Crippen LogP contribution in [-0.2, 0) is 4.79 Å². The molecule has 16 heavy (non-hydrogen) atoms. The molecule has 0 aliphatic heterocycles. The highest BCUT2D eigenvalue weighted by molar-refractivity contribution is 8.02. The quantitative estimate of drug-likeness (QED) is 0.785. The minimum absolute atomic E-state index is 0.342. The van der Waals surface area contributed by atoms with E-state index >= 15 is 0 Å². The lowest BCUT2D eigenvalue weighted by Crippen LogP contribution is -2.42. The number of imide groups is 1. The van der Waals surface area contributed by atoms with E-state index in [0.717, 1.165) is 0 Å². The third-order valence-corrected chi connectivity index (χ3v) is 3.47. The van der Waals surface area contributed by atoms with E-state index in [-0.39, 0.29) is 11.2 Å². The second-order valence-corrected chi connectivity index (χ2v) is 5.23. The number of aromatic nitrogens is 2. The molecule has 0 saturated heterocycles. The lowest BCUT2D eigenvalue weighted by molar-refractivity contribution is -0.119. The van der Waals surface area contributed by atoms with Crippen molar-refractivity contribution >= 4 is 35.0 Å². The Kier molecular flexibility index (Phi) is 5.20. The standard InChI is InChI=1S/C8H12N4O2S2/c1-3-9-7(14)11-6(13)5(2)16-8-12-10-4-15-8/h4-5H,3H2,1-2H3,(H2,9,11,13,14). The van der Waals surface area contributed by atoms with Crippen molar-refractivity contribution in [3.05, 3.63) is 5.51 Å². The van der Waals surface area contributed by atoms with Gasteiger partial charge < -0.3 is 5.32 Å². The molecule has 0 aliphatic carbocycles. The third kappa shape index (κ3) is 4.15. The fourth-order valence-corrected chi connectivity index (χ4v) is 2.46. The van der Waals surface area contributed by atoms with Crippen LogP contribution in [0.5, 0.6) is 0 Å². The van der Waals surface area contributed by atoms with Crippen LogP contribution in [-0.4, -0.2) is 33.9 Å². The Hall–Kier alpha value is -1.15. The number of thioether (sulfide) groups is 1. The van der Waals surface area contributed by atoms with Gasteiger partial charge in [-0.25, -0.2) is 4.79 Å². The van der Waals surface area contributed by atoms with Crippen LogP contribution in [0.3, 0.4) is 0 Å². The number of amides is 3. The maximum Gasteiger partial charge on any atom is 0.321 e. The predicted molar refractivity (Wildman–Crippen MR) is 62.4 cm³/mol. The second kappa shape index (κ2) is 6.44. The first-order valence-electron chi connectivity index (χ1n) is 4.65. The zero-order valence-corrected chi connectivity index (χ0v) is 10.5. The largest absolute Gasteiger partial charge is 0.338 e. The molecule has 1 aromatic heterocycles. The molecule has 0 aliphatic rings. The van der Waals surface area contributed by atoms with E-state index in [1.807, 2.05) is 0 Å². The smallest absolute Gasteiger partial charge is 0.321 e. The van der Waals surface area contributed by atoms with Crippen molar-refractivity contribution in [2.75, 3.05) is 6.54 Å². The molecule has 0 bridgehead atoms. The Balaban J connectivity index is 2.39. The average molecular weight is 260 g/mol. The molecule has 8 heteroatoms. The van der Waals surface area contributed by atoms with Gasteiger partial charge in [-0.2, -0.15) is 0 Å². The summed E-state index contributed by atoms with van der Waals surface area (Å²) in [7, 11) is 0. The lowest BCUT2D eigenvalue weighted by Gasteiger charge is -2.09. The maximum atomic E-state index is 11.5. The highest BCUT2D eigenvalue weighted by atomic mass is 32.2. The van der Waals surface area contributed by atoms with Gasteiger partial charge in [0.1, 0.15) is 5.51 Å². The number of nitrogens with one attached hydrogen (secondary N) is 2. The molecule has 0 radical (unpaired) electrons. The normalized spacial score (nSPS) is 11.9. The monoisotopic (exact) mass is 260 g/mol. The molecule has 0 aromatic carbocycles. The Morgan fingerprint density at radius 2 is 2.38 bits per heavy atom.